The summed E-state index contributed by atoms with van der Waals surface area (Å²) >= 11 is 0. The molecule has 25 heavy (non-hydrogen) atoms. The first-order chi connectivity index (χ1) is 12.3. The fourth-order valence-corrected chi connectivity index (χ4v) is 2.81. The quantitative estimate of drug-likeness (QED) is 0.656. The summed E-state index contributed by atoms with van der Waals surface area (Å²) in [5.74, 6) is 1.45. The summed E-state index contributed by atoms with van der Waals surface area (Å²) < 4.78 is 0. The number of hydrogen-bond acceptors (Lipinski definition) is 4. The summed E-state index contributed by atoms with van der Waals surface area (Å²) in [5, 5.41) is 6.75. The largest absolute Gasteiger partial charge is 0.354 e. The van der Waals surface area contributed by atoms with Crippen molar-refractivity contribution in [2.24, 2.45) is 0 Å². The molecule has 0 unspecified atom stereocenters. The Labute approximate surface area is 149 Å². The predicted octanol–water partition coefficient (Wildman–Crippen LogP) is 4.75. The minimum absolute atomic E-state index is 0.646. The molecule has 4 nitrogen and oxygen atoms in total. The number of para-hydroxylation sites is 1. The summed E-state index contributed by atoms with van der Waals surface area (Å²) in [5.41, 5.74) is 4.95. The molecule has 4 heteroatoms. The van der Waals surface area contributed by atoms with Crippen LogP contribution in [0.2, 0.25) is 0 Å². The van der Waals surface area contributed by atoms with Crippen molar-refractivity contribution in [3.8, 4) is 0 Å². The van der Waals surface area contributed by atoms with E-state index in [0.29, 0.717) is 5.95 Å². The SMILES string of the molecule is CCc1cccc(C)c1Nc1ccnc(NCCc2ccccc2)n1. The molecular formula is C21H24N4. The minimum atomic E-state index is 0.646. The van der Waals surface area contributed by atoms with Gasteiger partial charge in [-0.15, -0.1) is 0 Å². The van der Waals surface area contributed by atoms with Crippen LogP contribution in [-0.4, -0.2) is 16.5 Å². The average Bonchev–Trinajstić information content (AvgIpc) is 2.65. The first-order valence-corrected chi connectivity index (χ1v) is 8.72. The topological polar surface area (TPSA) is 49.8 Å². The lowest BCUT2D eigenvalue weighted by Crippen LogP contribution is -2.09. The summed E-state index contributed by atoms with van der Waals surface area (Å²) in [6, 6.07) is 18.7. The summed E-state index contributed by atoms with van der Waals surface area (Å²) in [7, 11) is 0. The molecule has 0 amide bonds. The Morgan fingerprint density at radius 1 is 0.960 bits per heavy atom. The molecule has 0 spiro atoms. The Kier molecular flexibility index (Phi) is 5.62. The minimum Gasteiger partial charge on any atom is -0.354 e. The van der Waals surface area contributed by atoms with Crippen molar-refractivity contribution in [1.82, 2.24) is 9.97 Å². The van der Waals surface area contributed by atoms with Crippen LogP contribution in [0.15, 0.2) is 60.8 Å². The molecule has 0 atom stereocenters. The Morgan fingerprint density at radius 3 is 2.60 bits per heavy atom. The highest BCUT2D eigenvalue weighted by Gasteiger charge is 2.06. The van der Waals surface area contributed by atoms with Crippen LogP contribution in [0, 0.1) is 6.92 Å². The van der Waals surface area contributed by atoms with Gasteiger partial charge in [-0.3, -0.25) is 0 Å². The molecule has 0 radical (unpaired) electrons. The third-order valence-electron chi connectivity index (χ3n) is 4.19. The zero-order valence-corrected chi connectivity index (χ0v) is 14.8. The van der Waals surface area contributed by atoms with Gasteiger partial charge in [0.2, 0.25) is 5.95 Å². The Balaban J connectivity index is 1.66. The molecule has 0 aliphatic rings. The number of hydrogen-bond donors (Lipinski definition) is 2. The molecule has 0 fully saturated rings. The van der Waals surface area contributed by atoms with Gasteiger partial charge in [0.15, 0.2) is 0 Å². The number of nitrogens with zero attached hydrogens (tertiary/aromatic N) is 2. The maximum absolute atomic E-state index is 4.58. The summed E-state index contributed by atoms with van der Waals surface area (Å²) in [6.07, 6.45) is 3.71. The van der Waals surface area contributed by atoms with Crippen molar-refractivity contribution in [1.29, 1.82) is 0 Å². The first kappa shape index (κ1) is 17.0. The smallest absolute Gasteiger partial charge is 0.224 e. The number of nitrogens with one attached hydrogen (secondary N) is 2. The van der Waals surface area contributed by atoms with E-state index in [1.807, 2.05) is 12.1 Å². The van der Waals surface area contributed by atoms with E-state index in [4.69, 9.17) is 0 Å². The van der Waals surface area contributed by atoms with Gasteiger partial charge in [0.1, 0.15) is 5.82 Å². The van der Waals surface area contributed by atoms with Crippen molar-refractivity contribution >= 4 is 17.5 Å². The fraction of sp³-hybridized carbons (Fsp3) is 0.238. The molecule has 0 saturated heterocycles. The molecule has 3 rings (SSSR count). The van der Waals surface area contributed by atoms with Crippen LogP contribution in [0.1, 0.15) is 23.6 Å². The van der Waals surface area contributed by atoms with Gasteiger partial charge in [-0.25, -0.2) is 4.98 Å². The van der Waals surface area contributed by atoms with Crippen molar-refractivity contribution < 1.29 is 0 Å². The highest BCUT2D eigenvalue weighted by atomic mass is 15.1. The van der Waals surface area contributed by atoms with Crippen LogP contribution in [-0.2, 0) is 12.8 Å². The van der Waals surface area contributed by atoms with Crippen LogP contribution < -0.4 is 10.6 Å². The van der Waals surface area contributed by atoms with Crippen LogP contribution in [0.25, 0.3) is 0 Å². The van der Waals surface area contributed by atoms with Gasteiger partial charge in [0, 0.05) is 18.4 Å². The number of aryl methyl sites for hydroxylation is 2. The fourth-order valence-electron chi connectivity index (χ4n) is 2.81. The van der Waals surface area contributed by atoms with E-state index >= 15 is 0 Å². The first-order valence-electron chi connectivity index (χ1n) is 8.72. The van der Waals surface area contributed by atoms with Gasteiger partial charge in [0.05, 0.1) is 0 Å². The lowest BCUT2D eigenvalue weighted by atomic mass is 10.1. The Morgan fingerprint density at radius 2 is 1.80 bits per heavy atom. The molecule has 0 aliphatic heterocycles. The van der Waals surface area contributed by atoms with E-state index in [1.54, 1.807) is 6.20 Å². The molecule has 2 N–H and O–H groups in total. The van der Waals surface area contributed by atoms with Gasteiger partial charge in [-0.05, 0) is 42.5 Å². The summed E-state index contributed by atoms with van der Waals surface area (Å²) in [4.78, 5) is 8.90. The second kappa shape index (κ2) is 8.29. The molecule has 2 aromatic carbocycles. The molecule has 3 aromatic rings. The normalized spacial score (nSPS) is 10.5. The van der Waals surface area contributed by atoms with Crippen LogP contribution in [0.4, 0.5) is 17.5 Å². The standard InChI is InChI=1S/C21H24N4/c1-3-18-11-7-8-16(2)20(18)24-19-13-15-23-21(25-19)22-14-12-17-9-5-4-6-10-17/h4-11,13,15H,3,12,14H2,1-2H3,(H2,22,23,24,25). The highest BCUT2D eigenvalue weighted by molar-refractivity contribution is 5.65. The molecular weight excluding hydrogens is 308 g/mol. The van der Waals surface area contributed by atoms with Gasteiger partial charge < -0.3 is 10.6 Å². The Hall–Kier alpha value is -2.88. The third kappa shape index (κ3) is 4.57. The number of anilines is 3. The van der Waals surface area contributed by atoms with E-state index < -0.39 is 0 Å². The van der Waals surface area contributed by atoms with Gasteiger partial charge in [0.25, 0.3) is 0 Å². The number of rotatable bonds is 7. The zero-order valence-electron chi connectivity index (χ0n) is 14.8. The molecule has 0 aliphatic carbocycles. The Bertz CT molecular complexity index is 815. The molecule has 1 aromatic heterocycles. The third-order valence-corrected chi connectivity index (χ3v) is 4.19. The zero-order chi connectivity index (χ0) is 17.5. The van der Waals surface area contributed by atoms with Crippen LogP contribution >= 0.6 is 0 Å². The van der Waals surface area contributed by atoms with Gasteiger partial charge >= 0.3 is 0 Å². The van der Waals surface area contributed by atoms with E-state index in [0.717, 1.165) is 30.9 Å². The van der Waals surface area contributed by atoms with Crippen molar-refractivity contribution in [2.75, 3.05) is 17.2 Å². The van der Waals surface area contributed by atoms with E-state index in [-0.39, 0.29) is 0 Å². The molecule has 0 saturated carbocycles. The highest BCUT2D eigenvalue weighted by Crippen LogP contribution is 2.24. The second-order valence-corrected chi connectivity index (χ2v) is 6.02. The maximum Gasteiger partial charge on any atom is 0.224 e. The summed E-state index contributed by atoms with van der Waals surface area (Å²) in [6.45, 7) is 5.08. The van der Waals surface area contributed by atoms with Gasteiger partial charge in [-0.1, -0.05) is 55.5 Å². The van der Waals surface area contributed by atoms with E-state index in [9.17, 15) is 0 Å². The van der Waals surface area contributed by atoms with E-state index in [2.05, 4.69) is 76.9 Å². The molecule has 0 bridgehead atoms. The number of aromatic nitrogens is 2. The predicted molar refractivity (Wildman–Crippen MR) is 105 cm³/mol. The van der Waals surface area contributed by atoms with Crippen LogP contribution in [0.5, 0.6) is 0 Å². The lowest BCUT2D eigenvalue weighted by Gasteiger charge is -2.14. The molecule has 128 valence electrons. The van der Waals surface area contributed by atoms with Crippen LogP contribution in [0.3, 0.4) is 0 Å². The average molecular weight is 332 g/mol. The molecule has 1 heterocycles. The van der Waals surface area contributed by atoms with Crippen molar-refractivity contribution in [3.63, 3.8) is 0 Å². The van der Waals surface area contributed by atoms with Crippen molar-refractivity contribution in [2.45, 2.75) is 26.7 Å². The number of benzene rings is 2. The van der Waals surface area contributed by atoms with Crippen molar-refractivity contribution in [3.05, 3.63) is 77.5 Å². The maximum atomic E-state index is 4.58. The lowest BCUT2D eigenvalue weighted by molar-refractivity contribution is 0.984. The van der Waals surface area contributed by atoms with Gasteiger partial charge in [-0.2, -0.15) is 4.98 Å². The monoisotopic (exact) mass is 332 g/mol. The van der Waals surface area contributed by atoms with E-state index in [1.165, 1.54) is 16.7 Å². The second-order valence-electron chi connectivity index (χ2n) is 6.02.